The number of ether oxygens (including phenoxy) is 1. The van der Waals surface area contributed by atoms with Gasteiger partial charge < -0.3 is 10.1 Å². The Morgan fingerprint density at radius 2 is 1.72 bits per heavy atom. The molecule has 0 aliphatic heterocycles. The quantitative estimate of drug-likeness (QED) is 0.828. The number of likely N-dealkylation sites (N-methyl/N-ethyl adjacent to an activating group) is 1. The molecule has 1 aromatic rings. The molecule has 0 aromatic heterocycles. The molecular formula is C16H27NO. The van der Waals surface area contributed by atoms with E-state index in [9.17, 15) is 0 Å². The van der Waals surface area contributed by atoms with E-state index in [-0.39, 0.29) is 5.60 Å². The van der Waals surface area contributed by atoms with Crippen LogP contribution < -0.4 is 10.1 Å². The molecule has 0 heterocycles. The topological polar surface area (TPSA) is 21.3 Å². The Hall–Kier alpha value is -1.02. The number of aryl methyl sites for hydroxylation is 2. The first kappa shape index (κ1) is 15.0. The van der Waals surface area contributed by atoms with Gasteiger partial charge in [-0.2, -0.15) is 0 Å². The van der Waals surface area contributed by atoms with Crippen LogP contribution in [-0.4, -0.2) is 18.7 Å². The molecule has 0 amide bonds. The Kier molecular flexibility index (Phi) is 5.21. The molecule has 1 unspecified atom stereocenters. The van der Waals surface area contributed by atoms with Crippen molar-refractivity contribution in [3.63, 3.8) is 0 Å². The zero-order valence-electron chi connectivity index (χ0n) is 12.7. The van der Waals surface area contributed by atoms with Crippen molar-refractivity contribution >= 4 is 0 Å². The van der Waals surface area contributed by atoms with Gasteiger partial charge in [0.25, 0.3) is 0 Å². The summed E-state index contributed by atoms with van der Waals surface area (Å²) in [5.74, 6) is 1.05. The first-order chi connectivity index (χ1) is 8.43. The highest BCUT2D eigenvalue weighted by Gasteiger charge is 2.25. The lowest BCUT2D eigenvalue weighted by molar-refractivity contribution is 0.0824. The van der Waals surface area contributed by atoms with Crippen LogP contribution in [0.1, 0.15) is 43.9 Å². The lowest BCUT2D eigenvalue weighted by Crippen LogP contribution is -2.42. The van der Waals surface area contributed by atoms with Gasteiger partial charge in [0.15, 0.2) is 0 Å². The van der Waals surface area contributed by atoms with E-state index in [0.717, 1.165) is 25.3 Å². The van der Waals surface area contributed by atoms with Crippen molar-refractivity contribution in [1.29, 1.82) is 0 Å². The number of benzene rings is 1. The highest BCUT2D eigenvalue weighted by molar-refractivity contribution is 5.44. The predicted octanol–water partition coefficient (Wildman–Crippen LogP) is 3.77. The molecule has 2 heteroatoms. The molecular weight excluding hydrogens is 222 g/mol. The van der Waals surface area contributed by atoms with Gasteiger partial charge in [0, 0.05) is 6.54 Å². The minimum absolute atomic E-state index is 0.140. The molecule has 1 N–H and O–H groups in total. The van der Waals surface area contributed by atoms with Crippen LogP contribution in [-0.2, 0) is 0 Å². The fourth-order valence-corrected chi connectivity index (χ4v) is 1.95. The lowest BCUT2D eigenvalue weighted by Gasteiger charge is -2.31. The van der Waals surface area contributed by atoms with Gasteiger partial charge in [-0.3, -0.25) is 0 Å². The summed E-state index contributed by atoms with van der Waals surface area (Å²) in [5.41, 5.74) is 3.62. The van der Waals surface area contributed by atoms with Gasteiger partial charge in [0.05, 0.1) is 0 Å². The summed E-state index contributed by atoms with van der Waals surface area (Å²) in [7, 11) is 0. The summed E-state index contributed by atoms with van der Waals surface area (Å²) in [6, 6.07) is 4.30. The molecule has 18 heavy (non-hydrogen) atoms. The van der Waals surface area contributed by atoms with Gasteiger partial charge in [0.2, 0.25) is 0 Å². The Labute approximate surface area is 112 Å². The monoisotopic (exact) mass is 249 g/mol. The van der Waals surface area contributed by atoms with Crippen LogP contribution in [0.25, 0.3) is 0 Å². The van der Waals surface area contributed by atoms with Crippen LogP contribution in [0.4, 0.5) is 0 Å². The lowest BCUT2D eigenvalue weighted by atomic mass is 10.0. The highest BCUT2D eigenvalue weighted by Crippen LogP contribution is 2.30. The third kappa shape index (κ3) is 3.49. The summed E-state index contributed by atoms with van der Waals surface area (Å²) in [4.78, 5) is 0. The minimum atomic E-state index is -0.140. The van der Waals surface area contributed by atoms with Crippen LogP contribution in [0.3, 0.4) is 0 Å². The van der Waals surface area contributed by atoms with Crippen LogP contribution >= 0.6 is 0 Å². The first-order valence-corrected chi connectivity index (χ1v) is 6.90. The molecule has 0 radical (unpaired) electrons. The van der Waals surface area contributed by atoms with Crippen molar-refractivity contribution in [3.05, 3.63) is 28.8 Å². The normalized spacial score (nSPS) is 14.3. The van der Waals surface area contributed by atoms with E-state index in [4.69, 9.17) is 4.74 Å². The summed E-state index contributed by atoms with van der Waals surface area (Å²) in [6.45, 7) is 14.7. The van der Waals surface area contributed by atoms with Gasteiger partial charge in [0.1, 0.15) is 11.4 Å². The maximum Gasteiger partial charge on any atom is 0.126 e. The molecule has 0 spiro atoms. The Morgan fingerprint density at radius 1 is 1.11 bits per heavy atom. The summed E-state index contributed by atoms with van der Waals surface area (Å²) in [5, 5.41) is 3.39. The second-order valence-corrected chi connectivity index (χ2v) is 5.34. The smallest absolute Gasteiger partial charge is 0.126 e. The number of nitrogens with one attached hydrogen (secondary N) is 1. The van der Waals surface area contributed by atoms with Crippen LogP contribution in [0.2, 0.25) is 0 Å². The number of hydrogen-bond donors (Lipinski definition) is 1. The van der Waals surface area contributed by atoms with Crippen molar-refractivity contribution in [1.82, 2.24) is 5.32 Å². The van der Waals surface area contributed by atoms with E-state index in [1.807, 2.05) is 0 Å². The van der Waals surface area contributed by atoms with Gasteiger partial charge in [-0.1, -0.05) is 26.0 Å². The molecule has 2 nitrogen and oxygen atoms in total. The number of hydrogen-bond acceptors (Lipinski definition) is 2. The second-order valence-electron chi connectivity index (χ2n) is 5.34. The Morgan fingerprint density at radius 3 is 2.28 bits per heavy atom. The van der Waals surface area contributed by atoms with E-state index in [1.165, 1.54) is 16.7 Å². The molecule has 102 valence electrons. The maximum absolute atomic E-state index is 6.33. The third-order valence-electron chi connectivity index (χ3n) is 3.72. The average molecular weight is 249 g/mol. The van der Waals surface area contributed by atoms with E-state index in [0.29, 0.717) is 0 Å². The molecule has 1 atom stereocenters. The fraction of sp³-hybridized carbons (Fsp3) is 0.625. The molecule has 0 aliphatic rings. The zero-order chi connectivity index (χ0) is 13.8. The summed E-state index contributed by atoms with van der Waals surface area (Å²) < 4.78 is 6.33. The summed E-state index contributed by atoms with van der Waals surface area (Å²) in [6.07, 6.45) is 0.993. The van der Waals surface area contributed by atoms with E-state index in [1.54, 1.807) is 0 Å². The average Bonchev–Trinajstić information content (AvgIpc) is 2.37. The zero-order valence-corrected chi connectivity index (χ0v) is 12.7. The largest absolute Gasteiger partial charge is 0.486 e. The van der Waals surface area contributed by atoms with Crippen molar-refractivity contribution < 1.29 is 4.74 Å². The molecule has 0 bridgehead atoms. The minimum Gasteiger partial charge on any atom is -0.486 e. The van der Waals surface area contributed by atoms with Gasteiger partial charge in [-0.05, 0) is 57.4 Å². The molecule has 0 fully saturated rings. The van der Waals surface area contributed by atoms with E-state index in [2.05, 4.69) is 59.0 Å². The molecule has 1 aromatic carbocycles. The van der Waals surface area contributed by atoms with Crippen molar-refractivity contribution in [2.45, 2.75) is 53.6 Å². The third-order valence-corrected chi connectivity index (χ3v) is 3.72. The Balaban J connectivity index is 2.97. The second kappa shape index (κ2) is 6.24. The van der Waals surface area contributed by atoms with Crippen LogP contribution in [0, 0.1) is 20.8 Å². The molecule has 0 saturated heterocycles. The first-order valence-electron chi connectivity index (χ1n) is 6.90. The summed E-state index contributed by atoms with van der Waals surface area (Å²) >= 11 is 0. The van der Waals surface area contributed by atoms with E-state index < -0.39 is 0 Å². The van der Waals surface area contributed by atoms with Gasteiger partial charge >= 0.3 is 0 Å². The molecule has 0 saturated carbocycles. The highest BCUT2D eigenvalue weighted by atomic mass is 16.5. The van der Waals surface area contributed by atoms with Crippen LogP contribution in [0.15, 0.2) is 12.1 Å². The van der Waals surface area contributed by atoms with Crippen LogP contribution in [0.5, 0.6) is 5.75 Å². The standard InChI is InChI=1S/C16H27NO/c1-7-16(6,11-17-8-2)18-15-13(4)10-9-12(3)14(15)5/h9-10,17H,7-8,11H2,1-6H3. The Bertz CT molecular complexity index is 400. The SMILES string of the molecule is CCNCC(C)(CC)Oc1c(C)ccc(C)c1C. The van der Waals surface area contributed by atoms with Crippen molar-refractivity contribution in [2.24, 2.45) is 0 Å². The van der Waals surface area contributed by atoms with Gasteiger partial charge in [-0.15, -0.1) is 0 Å². The van der Waals surface area contributed by atoms with Crippen molar-refractivity contribution in [3.8, 4) is 5.75 Å². The maximum atomic E-state index is 6.33. The van der Waals surface area contributed by atoms with Gasteiger partial charge in [-0.25, -0.2) is 0 Å². The fourth-order valence-electron chi connectivity index (χ4n) is 1.95. The van der Waals surface area contributed by atoms with Crippen molar-refractivity contribution in [2.75, 3.05) is 13.1 Å². The predicted molar refractivity (Wildman–Crippen MR) is 78.5 cm³/mol. The molecule has 0 aliphatic carbocycles. The number of rotatable bonds is 6. The van der Waals surface area contributed by atoms with E-state index >= 15 is 0 Å². The molecule has 1 rings (SSSR count).